The van der Waals surface area contributed by atoms with Gasteiger partial charge in [-0.2, -0.15) is 0 Å². The third-order valence-electron chi connectivity index (χ3n) is 3.31. The molecule has 1 fully saturated rings. The second-order valence-corrected chi connectivity index (χ2v) is 5.95. The molecule has 102 valence electrons. The number of hydrogen-bond acceptors (Lipinski definition) is 5. The molecule has 3 atom stereocenters. The van der Waals surface area contributed by atoms with Crippen molar-refractivity contribution in [1.82, 2.24) is 15.5 Å². The Labute approximate surface area is 113 Å². The van der Waals surface area contributed by atoms with Crippen molar-refractivity contribution in [3.8, 4) is 0 Å². The summed E-state index contributed by atoms with van der Waals surface area (Å²) in [4.78, 5) is 0. The summed E-state index contributed by atoms with van der Waals surface area (Å²) in [6.07, 6.45) is 4.94. The Morgan fingerprint density at radius 3 is 2.83 bits per heavy atom. The molecule has 1 N–H and O–H groups in total. The minimum atomic E-state index is 0.176. The molecule has 0 aromatic carbocycles. The van der Waals surface area contributed by atoms with Crippen molar-refractivity contribution in [3.05, 3.63) is 10.0 Å². The first-order valence-electron chi connectivity index (χ1n) is 6.96. The largest absolute Gasteiger partial charge is 0.368 e. The standard InChI is InChI=1S/C13H23N3OS/c1-4-8-14-10(5-2)12-15-16-13(18-12)11-7-6-9(3)17-11/h9-11,14H,4-8H2,1-3H3. The minimum absolute atomic E-state index is 0.176. The maximum atomic E-state index is 5.84. The second-order valence-electron chi connectivity index (χ2n) is 4.91. The van der Waals surface area contributed by atoms with Crippen LogP contribution in [0.25, 0.3) is 0 Å². The Hall–Kier alpha value is -0.520. The number of nitrogens with zero attached hydrogens (tertiary/aromatic N) is 2. The molecule has 4 nitrogen and oxygen atoms in total. The van der Waals surface area contributed by atoms with Crippen LogP contribution in [-0.2, 0) is 4.74 Å². The average molecular weight is 269 g/mol. The lowest BCUT2D eigenvalue weighted by atomic mass is 10.2. The lowest BCUT2D eigenvalue weighted by molar-refractivity contribution is 0.0550. The van der Waals surface area contributed by atoms with E-state index in [1.54, 1.807) is 11.3 Å². The lowest BCUT2D eigenvalue weighted by Gasteiger charge is -2.12. The smallest absolute Gasteiger partial charge is 0.146 e. The molecule has 18 heavy (non-hydrogen) atoms. The quantitative estimate of drug-likeness (QED) is 0.861. The van der Waals surface area contributed by atoms with Crippen molar-refractivity contribution in [3.63, 3.8) is 0 Å². The highest BCUT2D eigenvalue weighted by atomic mass is 32.1. The van der Waals surface area contributed by atoms with E-state index in [4.69, 9.17) is 4.74 Å². The van der Waals surface area contributed by atoms with Gasteiger partial charge in [0.25, 0.3) is 0 Å². The van der Waals surface area contributed by atoms with E-state index in [-0.39, 0.29) is 6.10 Å². The summed E-state index contributed by atoms with van der Waals surface area (Å²) in [5.74, 6) is 0. The first-order chi connectivity index (χ1) is 8.74. The molecule has 1 saturated heterocycles. The van der Waals surface area contributed by atoms with E-state index in [0.29, 0.717) is 12.1 Å². The normalized spacial score (nSPS) is 25.5. The van der Waals surface area contributed by atoms with E-state index in [0.717, 1.165) is 42.2 Å². The van der Waals surface area contributed by atoms with Gasteiger partial charge in [0.15, 0.2) is 0 Å². The molecule has 1 aliphatic heterocycles. The molecule has 1 aromatic heterocycles. The third-order valence-corrected chi connectivity index (χ3v) is 4.44. The fraction of sp³-hybridized carbons (Fsp3) is 0.846. The van der Waals surface area contributed by atoms with Gasteiger partial charge in [0.2, 0.25) is 0 Å². The zero-order valence-electron chi connectivity index (χ0n) is 11.5. The zero-order valence-corrected chi connectivity index (χ0v) is 12.3. The van der Waals surface area contributed by atoms with Crippen LogP contribution >= 0.6 is 11.3 Å². The van der Waals surface area contributed by atoms with Crippen molar-refractivity contribution >= 4 is 11.3 Å². The Bertz CT molecular complexity index is 369. The van der Waals surface area contributed by atoms with Crippen LogP contribution in [0.15, 0.2) is 0 Å². The molecule has 2 rings (SSSR count). The van der Waals surface area contributed by atoms with Gasteiger partial charge in [-0.1, -0.05) is 25.2 Å². The molecule has 1 aliphatic rings. The van der Waals surface area contributed by atoms with Crippen LogP contribution in [0.1, 0.15) is 68.6 Å². The predicted molar refractivity (Wildman–Crippen MR) is 73.8 cm³/mol. The summed E-state index contributed by atoms with van der Waals surface area (Å²) in [5.41, 5.74) is 0. The Morgan fingerprint density at radius 1 is 1.39 bits per heavy atom. The molecule has 5 heteroatoms. The highest BCUT2D eigenvalue weighted by Crippen LogP contribution is 2.35. The molecule has 2 heterocycles. The van der Waals surface area contributed by atoms with E-state index in [2.05, 4.69) is 36.3 Å². The second kappa shape index (κ2) is 6.59. The van der Waals surface area contributed by atoms with E-state index in [9.17, 15) is 0 Å². The highest BCUT2D eigenvalue weighted by Gasteiger charge is 2.27. The lowest BCUT2D eigenvalue weighted by Crippen LogP contribution is -2.21. The summed E-state index contributed by atoms with van der Waals surface area (Å²) in [5, 5.41) is 14.3. The molecule has 0 saturated carbocycles. The molecule has 0 amide bonds. The minimum Gasteiger partial charge on any atom is -0.368 e. The molecular formula is C13H23N3OS. The van der Waals surface area contributed by atoms with Gasteiger partial charge in [0.1, 0.15) is 16.1 Å². The number of rotatable bonds is 6. The topological polar surface area (TPSA) is 47.0 Å². The van der Waals surface area contributed by atoms with Gasteiger partial charge in [-0.25, -0.2) is 0 Å². The van der Waals surface area contributed by atoms with Crippen LogP contribution in [0.2, 0.25) is 0 Å². The van der Waals surface area contributed by atoms with E-state index >= 15 is 0 Å². The van der Waals surface area contributed by atoms with Gasteiger partial charge < -0.3 is 10.1 Å². The summed E-state index contributed by atoms with van der Waals surface area (Å²) < 4.78 is 5.84. The van der Waals surface area contributed by atoms with E-state index in [1.165, 1.54) is 0 Å². The average Bonchev–Trinajstić information content (AvgIpc) is 2.99. The Balaban J connectivity index is 1.99. The third kappa shape index (κ3) is 3.28. The Kier molecular flexibility index (Phi) is 5.09. The summed E-state index contributed by atoms with van der Waals surface area (Å²) in [6.45, 7) is 7.52. The van der Waals surface area contributed by atoms with Crippen molar-refractivity contribution < 1.29 is 4.74 Å². The zero-order chi connectivity index (χ0) is 13.0. The number of hydrogen-bond donors (Lipinski definition) is 1. The number of aromatic nitrogens is 2. The molecule has 0 spiro atoms. The first kappa shape index (κ1) is 13.9. The summed E-state index contributed by atoms with van der Waals surface area (Å²) >= 11 is 1.71. The van der Waals surface area contributed by atoms with Gasteiger partial charge in [-0.15, -0.1) is 10.2 Å². The number of ether oxygens (including phenoxy) is 1. The highest BCUT2D eigenvalue weighted by molar-refractivity contribution is 7.11. The Morgan fingerprint density at radius 2 is 2.22 bits per heavy atom. The van der Waals surface area contributed by atoms with Gasteiger partial charge in [-0.3, -0.25) is 0 Å². The molecule has 0 bridgehead atoms. The van der Waals surface area contributed by atoms with Crippen LogP contribution < -0.4 is 5.32 Å². The maximum Gasteiger partial charge on any atom is 0.146 e. The monoisotopic (exact) mass is 269 g/mol. The van der Waals surface area contributed by atoms with Crippen molar-refractivity contribution in [2.75, 3.05) is 6.54 Å². The van der Waals surface area contributed by atoms with Crippen molar-refractivity contribution in [1.29, 1.82) is 0 Å². The predicted octanol–water partition coefficient (Wildman–Crippen LogP) is 3.23. The maximum absolute atomic E-state index is 5.84. The summed E-state index contributed by atoms with van der Waals surface area (Å²) in [6, 6.07) is 0.343. The number of nitrogens with one attached hydrogen (secondary N) is 1. The molecule has 3 unspecified atom stereocenters. The van der Waals surface area contributed by atoms with Gasteiger partial charge in [0, 0.05) is 0 Å². The van der Waals surface area contributed by atoms with Gasteiger partial charge >= 0.3 is 0 Å². The molecular weight excluding hydrogens is 246 g/mol. The summed E-state index contributed by atoms with van der Waals surface area (Å²) in [7, 11) is 0. The van der Waals surface area contributed by atoms with E-state index < -0.39 is 0 Å². The van der Waals surface area contributed by atoms with Gasteiger partial charge in [0.05, 0.1) is 12.1 Å². The van der Waals surface area contributed by atoms with Gasteiger partial charge in [-0.05, 0) is 39.2 Å². The van der Waals surface area contributed by atoms with Crippen LogP contribution in [0.3, 0.4) is 0 Å². The molecule has 0 radical (unpaired) electrons. The molecule has 0 aliphatic carbocycles. The van der Waals surface area contributed by atoms with Crippen LogP contribution in [0.4, 0.5) is 0 Å². The van der Waals surface area contributed by atoms with Crippen molar-refractivity contribution in [2.24, 2.45) is 0 Å². The van der Waals surface area contributed by atoms with Crippen molar-refractivity contribution in [2.45, 2.75) is 64.7 Å². The SMILES string of the molecule is CCCNC(CC)c1nnc(C2CCC(C)O2)s1. The van der Waals surface area contributed by atoms with E-state index in [1.807, 2.05) is 0 Å². The first-order valence-corrected chi connectivity index (χ1v) is 7.78. The molecule has 1 aromatic rings. The van der Waals surface area contributed by atoms with Crippen LogP contribution in [0, 0.1) is 0 Å². The fourth-order valence-corrected chi connectivity index (χ4v) is 3.30. The fourth-order valence-electron chi connectivity index (χ4n) is 2.23. The van der Waals surface area contributed by atoms with Crippen LogP contribution in [-0.4, -0.2) is 22.8 Å². The van der Waals surface area contributed by atoms with Crippen LogP contribution in [0.5, 0.6) is 0 Å².